The smallest absolute Gasteiger partial charge is 0.119 e. The van der Waals surface area contributed by atoms with E-state index < -0.39 is 6.10 Å². The summed E-state index contributed by atoms with van der Waals surface area (Å²) >= 11 is 0. The quantitative estimate of drug-likeness (QED) is 0.792. The van der Waals surface area contributed by atoms with Crippen molar-refractivity contribution < 1.29 is 9.84 Å². The van der Waals surface area contributed by atoms with Gasteiger partial charge >= 0.3 is 0 Å². The van der Waals surface area contributed by atoms with Crippen molar-refractivity contribution in [3.8, 4) is 5.75 Å². The van der Waals surface area contributed by atoms with Crippen LogP contribution in [-0.2, 0) is 6.42 Å². The zero-order valence-electron chi connectivity index (χ0n) is 11.8. The number of ether oxygens (including phenoxy) is 1. The van der Waals surface area contributed by atoms with Crippen LogP contribution in [0, 0.1) is 0 Å². The van der Waals surface area contributed by atoms with E-state index >= 15 is 0 Å². The van der Waals surface area contributed by atoms with Crippen LogP contribution in [-0.4, -0.2) is 11.7 Å². The molecular formula is C17H21NO2. The minimum absolute atomic E-state index is 0.544. The average Bonchev–Trinajstić information content (AvgIpc) is 2.47. The Morgan fingerprint density at radius 1 is 1.15 bits per heavy atom. The van der Waals surface area contributed by atoms with Crippen LogP contribution in [0.3, 0.4) is 0 Å². The van der Waals surface area contributed by atoms with Gasteiger partial charge in [0.1, 0.15) is 5.75 Å². The summed E-state index contributed by atoms with van der Waals surface area (Å²) in [6, 6.07) is 15.3. The third kappa shape index (κ3) is 3.75. The van der Waals surface area contributed by atoms with Gasteiger partial charge in [0.25, 0.3) is 0 Å². The van der Waals surface area contributed by atoms with Crippen molar-refractivity contribution in [2.45, 2.75) is 25.9 Å². The molecule has 0 radical (unpaired) electrons. The van der Waals surface area contributed by atoms with Gasteiger partial charge in [-0.2, -0.15) is 0 Å². The summed E-state index contributed by atoms with van der Waals surface area (Å²) in [4.78, 5) is 0. The average molecular weight is 271 g/mol. The number of nitrogens with two attached hydrogens (primary N) is 1. The van der Waals surface area contributed by atoms with E-state index in [2.05, 4.69) is 6.92 Å². The van der Waals surface area contributed by atoms with Crippen LogP contribution in [0.2, 0.25) is 0 Å². The monoisotopic (exact) mass is 271 g/mol. The van der Waals surface area contributed by atoms with Crippen molar-refractivity contribution >= 4 is 5.69 Å². The minimum Gasteiger partial charge on any atom is -0.494 e. The van der Waals surface area contributed by atoms with Crippen LogP contribution in [0.1, 0.15) is 30.6 Å². The molecule has 2 aromatic carbocycles. The Morgan fingerprint density at radius 3 is 2.60 bits per heavy atom. The molecule has 0 aliphatic rings. The van der Waals surface area contributed by atoms with E-state index in [-0.39, 0.29) is 0 Å². The van der Waals surface area contributed by atoms with Crippen LogP contribution in [0.25, 0.3) is 0 Å². The number of nitrogen functional groups attached to an aromatic ring is 1. The molecule has 106 valence electrons. The molecule has 1 unspecified atom stereocenters. The van der Waals surface area contributed by atoms with Gasteiger partial charge < -0.3 is 15.6 Å². The zero-order chi connectivity index (χ0) is 14.4. The largest absolute Gasteiger partial charge is 0.494 e. The van der Waals surface area contributed by atoms with Crippen LogP contribution < -0.4 is 10.5 Å². The van der Waals surface area contributed by atoms with Gasteiger partial charge in [-0.05, 0) is 30.2 Å². The highest BCUT2D eigenvalue weighted by Crippen LogP contribution is 2.28. The first-order valence-electron chi connectivity index (χ1n) is 6.95. The van der Waals surface area contributed by atoms with Crippen molar-refractivity contribution in [3.05, 3.63) is 59.7 Å². The van der Waals surface area contributed by atoms with E-state index in [0.717, 1.165) is 23.3 Å². The Morgan fingerprint density at radius 2 is 1.90 bits per heavy atom. The van der Waals surface area contributed by atoms with Crippen molar-refractivity contribution in [3.63, 3.8) is 0 Å². The molecule has 0 spiro atoms. The van der Waals surface area contributed by atoms with Crippen LogP contribution >= 0.6 is 0 Å². The Bertz CT molecular complexity index is 540. The van der Waals surface area contributed by atoms with Crippen LogP contribution in [0.4, 0.5) is 5.69 Å². The van der Waals surface area contributed by atoms with Gasteiger partial charge in [0.15, 0.2) is 0 Å². The zero-order valence-corrected chi connectivity index (χ0v) is 11.8. The standard InChI is InChI=1S/C17H21NO2/c1-2-10-20-14-8-9-16(18)15(12-14)17(19)11-13-6-4-3-5-7-13/h3-9,12,17,19H,2,10-11,18H2,1H3. The van der Waals surface area contributed by atoms with Crippen LogP contribution in [0.15, 0.2) is 48.5 Å². The fraction of sp³-hybridized carbons (Fsp3) is 0.294. The molecule has 20 heavy (non-hydrogen) atoms. The summed E-state index contributed by atoms with van der Waals surface area (Å²) < 4.78 is 5.58. The number of hydrogen-bond acceptors (Lipinski definition) is 3. The number of hydrogen-bond donors (Lipinski definition) is 2. The Hall–Kier alpha value is -2.00. The number of rotatable bonds is 6. The second-order valence-electron chi connectivity index (χ2n) is 4.84. The normalized spacial score (nSPS) is 12.1. The van der Waals surface area contributed by atoms with Gasteiger partial charge in [-0.1, -0.05) is 37.3 Å². The Labute approximate surface area is 120 Å². The molecule has 0 aliphatic heterocycles. The lowest BCUT2D eigenvalue weighted by atomic mass is 10.00. The van der Waals surface area contributed by atoms with E-state index in [0.29, 0.717) is 18.7 Å². The molecule has 0 bridgehead atoms. The molecule has 2 aromatic rings. The summed E-state index contributed by atoms with van der Waals surface area (Å²) in [5, 5.41) is 10.4. The highest BCUT2D eigenvalue weighted by Gasteiger charge is 2.13. The highest BCUT2D eigenvalue weighted by atomic mass is 16.5. The minimum atomic E-state index is -0.623. The number of aliphatic hydroxyl groups excluding tert-OH is 1. The summed E-state index contributed by atoms with van der Waals surface area (Å²) in [6.07, 6.45) is 0.872. The maximum Gasteiger partial charge on any atom is 0.119 e. The second kappa shape index (κ2) is 6.96. The molecular weight excluding hydrogens is 250 g/mol. The van der Waals surface area contributed by atoms with Crippen molar-refractivity contribution in [2.24, 2.45) is 0 Å². The number of benzene rings is 2. The molecule has 1 atom stereocenters. The van der Waals surface area contributed by atoms with Gasteiger partial charge in [0, 0.05) is 17.7 Å². The topological polar surface area (TPSA) is 55.5 Å². The summed E-state index contributed by atoms with van der Waals surface area (Å²) in [6.45, 7) is 2.72. The molecule has 3 N–H and O–H groups in total. The van der Waals surface area contributed by atoms with E-state index in [4.69, 9.17) is 10.5 Å². The highest BCUT2D eigenvalue weighted by molar-refractivity contribution is 5.52. The van der Waals surface area contributed by atoms with Gasteiger partial charge in [-0.15, -0.1) is 0 Å². The molecule has 0 saturated carbocycles. The molecule has 0 amide bonds. The summed E-state index contributed by atoms with van der Waals surface area (Å²) in [7, 11) is 0. The van der Waals surface area contributed by atoms with Gasteiger partial charge in [-0.3, -0.25) is 0 Å². The Balaban J connectivity index is 2.13. The van der Waals surface area contributed by atoms with Crippen LogP contribution in [0.5, 0.6) is 5.75 Å². The summed E-state index contributed by atoms with van der Waals surface area (Å²) in [5.41, 5.74) is 8.36. The van der Waals surface area contributed by atoms with Gasteiger partial charge in [-0.25, -0.2) is 0 Å². The molecule has 0 heterocycles. The van der Waals surface area contributed by atoms with E-state index in [1.54, 1.807) is 6.07 Å². The van der Waals surface area contributed by atoms with E-state index in [1.165, 1.54) is 0 Å². The van der Waals surface area contributed by atoms with Crippen molar-refractivity contribution in [1.82, 2.24) is 0 Å². The molecule has 3 nitrogen and oxygen atoms in total. The van der Waals surface area contributed by atoms with E-state index in [9.17, 15) is 5.11 Å². The molecule has 0 aliphatic carbocycles. The van der Waals surface area contributed by atoms with Gasteiger partial charge in [0.05, 0.1) is 12.7 Å². The predicted molar refractivity (Wildman–Crippen MR) is 81.7 cm³/mol. The molecule has 2 rings (SSSR count). The lowest BCUT2D eigenvalue weighted by Gasteiger charge is -2.15. The fourth-order valence-electron chi connectivity index (χ4n) is 2.10. The predicted octanol–water partition coefficient (Wildman–Crippen LogP) is 3.33. The molecule has 0 saturated heterocycles. The van der Waals surface area contributed by atoms with Crippen molar-refractivity contribution in [2.75, 3.05) is 12.3 Å². The first-order chi connectivity index (χ1) is 9.70. The van der Waals surface area contributed by atoms with E-state index in [1.807, 2.05) is 42.5 Å². The second-order valence-corrected chi connectivity index (χ2v) is 4.84. The van der Waals surface area contributed by atoms with Gasteiger partial charge in [0.2, 0.25) is 0 Å². The number of aliphatic hydroxyl groups is 1. The SMILES string of the molecule is CCCOc1ccc(N)c(C(O)Cc2ccccc2)c1. The number of anilines is 1. The maximum atomic E-state index is 10.4. The van der Waals surface area contributed by atoms with Crippen molar-refractivity contribution in [1.29, 1.82) is 0 Å². The molecule has 3 heteroatoms. The first kappa shape index (κ1) is 14.4. The molecule has 0 fully saturated rings. The third-order valence-corrected chi connectivity index (χ3v) is 3.16. The lowest BCUT2D eigenvalue weighted by molar-refractivity contribution is 0.178. The maximum absolute atomic E-state index is 10.4. The molecule has 0 aromatic heterocycles. The third-order valence-electron chi connectivity index (χ3n) is 3.16. The lowest BCUT2D eigenvalue weighted by Crippen LogP contribution is -2.06. The first-order valence-corrected chi connectivity index (χ1v) is 6.95. The summed E-state index contributed by atoms with van der Waals surface area (Å²) in [5.74, 6) is 0.753. The fourth-order valence-corrected chi connectivity index (χ4v) is 2.10. The Kier molecular flexibility index (Phi) is 5.02.